The Morgan fingerprint density at radius 1 is 1.35 bits per heavy atom. The van der Waals surface area contributed by atoms with Crippen LogP contribution in [0.2, 0.25) is 5.02 Å². The Hall–Kier alpha value is -1.65. The minimum atomic E-state index is -0.0299. The van der Waals surface area contributed by atoms with Gasteiger partial charge in [0.05, 0.1) is 17.8 Å². The van der Waals surface area contributed by atoms with Crippen LogP contribution in [0.4, 0.5) is 0 Å². The maximum Gasteiger partial charge on any atom is 0.219 e. The molecule has 2 aromatic heterocycles. The van der Waals surface area contributed by atoms with Crippen LogP contribution >= 0.6 is 11.6 Å². The van der Waals surface area contributed by atoms with Gasteiger partial charge in [-0.25, -0.2) is 4.98 Å². The smallest absolute Gasteiger partial charge is 0.219 e. The molecule has 0 bridgehead atoms. The number of halogens is 1. The van der Waals surface area contributed by atoms with Crippen molar-refractivity contribution in [1.29, 1.82) is 0 Å². The number of aliphatic hydroxyl groups is 1. The van der Waals surface area contributed by atoms with Crippen LogP contribution in [0.5, 0.6) is 11.6 Å². The fourth-order valence-corrected chi connectivity index (χ4v) is 1.52. The maximum absolute atomic E-state index is 9.03. The van der Waals surface area contributed by atoms with Crippen LogP contribution in [-0.2, 0) is 6.61 Å². The Bertz CT molecular complexity index is 532. The zero-order chi connectivity index (χ0) is 12.3. The lowest BCUT2D eigenvalue weighted by molar-refractivity contribution is 0.280. The Labute approximate surface area is 104 Å². The van der Waals surface area contributed by atoms with Gasteiger partial charge < -0.3 is 9.84 Å². The van der Waals surface area contributed by atoms with E-state index in [0.717, 1.165) is 11.3 Å². The van der Waals surface area contributed by atoms with E-state index in [9.17, 15) is 0 Å². The molecule has 0 atom stereocenters. The molecular formula is C12H11ClN2O2. The minimum Gasteiger partial charge on any atom is -0.437 e. The topological polar surface area (TPSA) is 55.2 Å². The first-order chi connectivity index (χ1) is 8.19. The molecule has 0 aliphatic heterocycles. The molecule has 17 heavy (non-hydrogen) atoms. The number of pyridine rings is 2. The second-order valence-electron chi connectivity index (χ2n) is 3.49. The molecule has 5 heteroatoms. The predicted octanol–water partition coefficient (Wildman–Crippen LogP) is 2.72. The van der Waals surface area contributed by atoms with Gasteiger partial charge in [0.15, 0.2) is 0 Å². The molecule has 0 aromatic carbocycles. The third-order valence-electron chi connectivity index (χ3n) is 2.24. The van der Waals surface area contributed by atoms with Gasteiger partial charge in [-0.15, -0.1) is 0 Å². The number of aromatic nitrogens is 2. The van der Waals surface area contributed by atoms with E-state index in [0.29, 0.717) is 16.7 Å². The predicted molar refractivity (Wildman–Crippen MR) is 64.2 cm³/mol. The quantitative estimate of drug-likeness (QED) is 0.910. The van der Waals surface area contributed by atoms with E-state index in [1.54, 1.807) is 24.4 Å². The van der Waals surface area contributed by atoms with Crippen LogP contribution in [0.3, 0.4) is 0 Å². The van der Waals surface area contributed by atoms with E-state index in [1.807, 2.05) is 6.92 Å². The summed E-state index contributed by atoms with van der Waals surface area (Å²) >= 11 is 5.79. The fourth-order valence-electron chi connectivity index (χ4n) is 1.36. The zero-order valence-electron chi connectivity index (χ0n) is 9.22. The Morgan fingerprint density at radius 3 is 2.82 bits per heavy atom. The molecule has 2 heterocycles. The molecule has 88 valence electrons. The molecule has 1 N–H and O–H groups in total. The molecular weight excluding hydrogens is 240 g/mol. The number of aliphatic hydroxyl groups excluding tert-OH is 1. The third-order valence-corrected chi connectivity index (χ3v) is 2.45. The van der Waals surface area contributed by atoms with Gasteiger partial charge in [0, 0.05) is 24.0 Å². The van der Waals surface area contributed by atoms with Gasteiger partial charge in [-0.2, -0.15) is 0 Å². The van der Waals surface area contributed by atoms with Crippen LogP contribution in [0.1, 0.15) is 11.3 Å². The molecule has 0 aliphatic rings. The van der Waals surface area contributed by atoms with Crippen molar-refractivity contribution in [1.82, 2.24) is 9.97 Å². The molecule has 2 aromatic rings. The second-order valence-corrected chi connectivity index (χ2v) is 3.93. The van der Waals surface area contributed by atoms with Crippen LogP contribution in [0, 0.1) is 6.92 Å². The number of ether oxygens (including phenoxy) is 1. The highest BCUT2D eigenvalue weighted by Crippen LogP contribution is 2.22. The lowest BCUT2D eigenvalue weighted by Crippen LogP contribution is -1.95. The number of hydrogen-bond acceptors (Lipinski definition) is 4. The molecule has 0 saturated heterocycles. The summed E-state index contributed by atoms with van der Waals surface area (Å²) in [7, 11) is 0. The van der Waals surface area contributed by atoms with Crippen molar-refractivity contribution in [2.75, 3.05) is 0 Å². The highest BCUT2D eigenvalue weighted by atomic mass is 35.5. The van der Waals surface area contributed by atoms with E-state index >= 15 is 0 Å². The van der Waals surface area contributed by atoms with Crippen LogP contribution in [0.25, 0.3) is 0 Å². The molecule has 0 amide bonds. The first-order valence-electron chi connectivity index (χ1n) is 5.05. The third kappa shape index (κ3) is 2.93. The Morgan fingerprint density at radius 2 is 2.18 bits per heavy atom. The number of nitrogens with zero attached hydrogens (tertiary/aromatic N) is 2. The molecule has 0 spiro atoms. The van der Waals surface area contributed by atoms with Gasteiger partial charge in [-0.1, -0.05) is 11.6 Å². The Balaban J connectivity index is 2.22. The average Bonchev–Trinajstić information content (AvgIpc) is 2.29. The summed E-state index contributed by atoms with van der Waals surface area (Å²) in [6.07, 6.45) is 3.09. The van der Waals surface area contributed by atoms with Gasteiger partial charge in [-0.3, -0.25) is 4.98 Å². The van der Waals surface area contributed by atoms with E-state index in [1.165, 1.54) is 6.20 Å². The lowest BCUT2D eigenvalue weighted by atomic mass is 10.2. The van der Waals surface area contributed by atoms with E-state index in [4.69, 9.17) is 21.4 Å². The summed E-state index contributed by atoms with van der Waals surface area (Å²) in [4.78, 5) is 8.13. The summed E-state index contributed by atoms with van der Waals surface area (Å²) in [6, 6.07) is 5.13. The van der Waals surface area contributed by atoms with Gasteiger partial charge in [0.25, 0.3) is 0 Å². The fraction of sp³-hybridized carbons (Fsp3) is 0.167. The number of hydrogen-bond donors (Lipinski definition) is 1. The van der Waals surface area contributed by atoms with Crippen molar-refractivity contribution in [3.63, 3.8) is 0 Å². The van der Waals surface area contributed by atoms with Crippen LogP contribution < -0.4 is 4.74 Å². The highest BCUT2D eigenvalue weighted by Gasteiger charge is 2.03. The summed E-state index contributed by atoms with van der Waals surface area (Å²) in [5.74, 6) is 0.977. The zero-order valence-corrected chi connectivity index (χ0v) is 9.98. The first-order valence-corrected chi connectivity index (χ1v) is 5.42. The van der Waals surface area contributed by atoms with Crippen LogP contribution in [0.15, 0.2) is 30.6 Å². The van der Waals surface area contributed by atoms with Gasteiger partial charge in [0.2, 0.25) is 5.88 Å². The van der Waals surface area contributed by atoms with Crippen molar-refractivity contribution in [3.8, 4) is 11.6 Å². The van der Waals surface area contributed by atoms with E-state index in [2.05, 4.69) is 9.97 Å². The Kier molecular flexibility index (Phi) is 3.56. The summed E-state index contributed by atoms with van der Waals surface area (Å²) in [6.45, 7) is 1.78. The van der Waals surface area contributed by atoms with Gasteiger partial charge >= 0.3 is 0 Å². The summed E-state index contributed by atoms with van der Waals surface area (Å²) in [5, 5.41) is 9.53. The molecule has 0 unspecified atom stereocenters. The van der Waals surface area contributed by atoms with E-state index < -0.39 is 0 Å². The first kappa shape index (κ1) is 11.8. The maximum atomic E-state index is 9.03. The molecule has 0 aliphatic carbocycles. The molecule has 0 saturated carbocycles. The number of aryl methyl sites for hydroxylation is 1. The second kappa shape index (κ2) is 5.12. The summed E-state index contributed by atoms with van der Waals surface area (Å²) in [5.41, 5.74) is 1.52. The van der Waals surface area contributed by atoms with E-state index in [-0.39, 0.29) is 6.61 Å². The van der Waals surface area contributed by atoms with Crippen molar-refractivity contribution in [2.24, 2.45) is 0 Å². The molecule has 0 fully saturated rings. The van der Waals surface area contributed by atoms with Crippen molar-refractivity contribution >= 4 is 11.6 Å². The molecule has 2 rings (SSSR count). The lowest BCUT2D eigenvalue weighted by Gasteiger charge is -2.07. The standard InChI is InChI=1S/C12H11ClN2O2/c1-8-9(7-16)2-3-12(15-8)17-11-4-10(13)5-14-6-11/h2-6,16H,7H2,1H3. The van der Waals surface area contributed by atoms with Gasteiger partial charge in [-0.05, 0) is 18.6 Å². The summed E-state index contributed by atoms with van der Waals surface area (Å²) < 4.78 is 5.50. The minimum absolute atomic E-state index is 0.0299. The number of rotatable bonds is 3. The monoisotopic (exact) mass is 250 g/mol. The van der Waals surface area contributed by atoms with Crippen molar-refractivity contribution < 1.29 is 9.84 Å². The van der Waals surface area contributed by atoms with Crippen LogP contribution in [-0.4, -0.2) is 15.1 Å². The van der Waals surface area contributed by atoms with Gasteiger partial charge in [0.1, 0.15) is 5.75 Å². The normalized spacial score (nSPS) is 10.3. The van der Waals surface area contributed by atoms with Crippen molar-refractivity contribution in [2.45, 2.75) is 13.5 Å². The average molecular weight is 251 g/mol. The SMILES string of the molecule is Cc1nc(Oc2cncc(Cl)c2)ccc1CO. The highest BCUT2D eigenvalue weighted by molar-refractivity contribution is 6.30. The largest absolute Gasteiger partial charge is 0.437 e. The molecule has 0 radical (unpaired) electrons. The molecule has 4 nitrogen and oxygen atoms in total. The van der Waals surface area contributed by atoms with Crippen molar-refractivity contribution in [3.05, 3.63) is 46.9 Å².